The summed E-state index contributed by atoms with van der Waals surface area (Å²) in [6.07, 6.45) is 5.39. The number of benzene rings is 3. The molecule has 3 heteroatoms. The summed E-state index contributed by atoms with van der Waals surface area (Å²) in [5, 5.41) is 8.82. The van der Waals surface area contributed by atoms with Gasteiger partial charge in [0.05, 0.1) is 6.21 Å². The molecule has 122 valence electrons. The van der Waals surface area contributed by atoms with E-state index in [-0.39, 0.29) is 5.91 Å². The number of hydrogen-bond acceptors (Lipinski definition) is 2. The van der Waals surface area contributed by atoms with E-state index < -0.39 is 0 Å². The summed E-state index contributed by atoms with van der Waals surface area (Å²) in [6, 6.07) is 18.7. The quantitative estimate of drug-likeness (QED) is 0.295. The Morgan fingerprint density at radius 1 is 1.00 bits per heavy atom. The summed E-state index contributed by atoms with van der Waals surface area (Å²) in [7, 11) is 0. The van der Waals surface area contributed by atoms with Gasteiger partial charge in [0.1, 0.15) is 0 Å². The molecule has 3 rings (SSSR count). The lowest BCUT2D eigenvalue weighted by Crippen LogP contribution is -2.16. The SMILES string of the molecule is CCCCCC(=O)NN=Cc1c2ccccc2cc2ccccc12. The minimum absolute atomic E-state index is 0.0238. The second-order valence-electron chi connectivity index (χ2n) is 5.98. The number of carbonyl (C=O) groups is 1. The van der Waals surface area contributed by atoms with Crippen LogP contribution >= 0.6 is 0 Å². The van der Waals surface area contributed by atoms with Gasteiger partial charge < -0.3 is 0 Å². The molecule has 0 aliphatic heterocycles. The monoisotopic (exact) mass is 318 g/mol. The van der Waals surface area contributed by atoms with Gasteiger partial charge in [-0.3, -0.25) is 4.79 Å². The number of nitrogens with zero attached hydrogens (tertiary/aromatic N) is 1. The lowest BCUT2D eigenvalue weighted by Gasteiger charge is -2.08. The number of hydrazone groups is 1. The largest absolute Gasteiger partial charge is 0.273 e. The molecule has 3 aromatic rings. The molecule has 0 spiro atoms. The maximum absolute atomic E-state index is 11.8. The Balaban J connectivity index is 1.89. The van der Waals surface area contributed by atoms with E-state index in [1.807, 2.05) is 24.3 Å². The highest BCUT2D eigenvalue weighted by Crippen LogP contribution is 2.27. The summed E-state index contributed by atoms with van der Waals surface area (Å²) in [5.41, 5.74) is 3.69. The Morgan fingerprint density at radius 3 is 2.25 bits per heavy atom. The van der Waals surface area contributed by atoms with Crippen LogP contribution in [0.2, 0.25) is 0 Å². The molecule has 0 saturated carbocycles. The van der Waals surface area contributed by atoms with E-state index in [1.54, 1.807) is 6.21 Å². The van der Waals surface area contributed by atoms with Gasteiger partial charge in [-0.1, -0.05) is 68.3 Å². The molecule has 0 aliphatic carbocycles. The van der Waals surface area contributed by atoms with E-state index in [9.17, 15) is 4.79 Å². The van der Waals surface area contributed by atoms with Crippen molar-refractivity contribution in [2.24, 2.45) is 5.10 Å². The second kappa shape index (κ2) is 7.73. The van der Waals surface area contributed by atoms with Crippen LogP contribution in [0.5, 0.6) is 0 Å². The predicted molar refractivity (Wildman–Crippen MR) is 101 cm³/mol. The first-order chi connectivity index (χ1) is 11.8. The Kier molecular flexibility index (Phi) is 5.22. The van der Waals surface area contributed by atoms with Crippen LogP contribution < -0.4 is 5.43 Å². The van der Waals surface area contributed by atoms with Crippen molar-refractivity contribution < 1.29 is 4.79 Å². The zero-order valence-corrected chi connectivity index (χ0v) is 14.0. The van der Waals surface area contributed by atoms with E-state index in [1.165, 1.54) is 10.8 Å². The molecule has 3 nitrogen and oxygen atoms in total. The molecule has 1 N–H and O–H groups in total. The van der Waals surface area contributed by atoms with Crippen LogP contribution in [0.4, 0.5) is 0 Å². The minimum Gasteiger partial charge on any atom is -0.273 e. The average molecular weight is 318 g/mol. The number of fused-ring (bicyclic) bond motifs is 2. The molecule has 0 radical (unpaired) electrons. The Morgan fingerprint density at radius 2 is 1.62 bits per heavy atom. The van der Waals surface area contributed by atoms with Gasteiger partial charge in [-0.25, -0.2) is 5.43 Å². The van der Waals surface area contributed by atoms with Crippen LogP contribution in [0.3, 0.4) is 0 Å². The maximum Gasteiger partial charge on any atom is 0.240 e. The summed E-state index contributed by atoms with van der Waals surface area (Å²) < 4.78 is 0. The van der Waals surface area contributed by atoms with E-state index in [2.05, 4.69) is 47.8 Å². The third-order valence-corrected chi connectivity index (χ3v) is 4.20. The standard InChI is InChI=1S/C21H22N2O/c1-2-3-4-13-21(24)23-22-15-20-18-11-7-5-9-16(18)14-17-10-6-8-12-19(17)20/h5-12,14-15H,2-4,13H2,1H3,(H,23,24). The fraction of sp³-hybridized carbons (Fsp3) is 0.238. The zero-order valence-electron chi connectivity index (χ0n) is 14.0. The average Bonchev–Trinajstić information content (AvgIpc) is 2.61. The number of amides is 1. The van der Waals surface area contributed by atoms with Gasteiger partial charge in [0.25, 0.3) is 0 Å². The zero-order chi connectivity index (χ0) is 16.8. The summed E-state index contributed by atoms with van der Waals surface area (Å²) in [6.45, 7) is 2.13. The van der Waals surface area contributed by atoms with Gasteiger partial charge in [-0.15, -0.1) is 0 Å². The van der Waals surface area contributed by atoms with Gasteiger partial charge in [-0.2, -0.15) is 5.10 Å². The molecular weight excluding hydrogens is 296 g/mol. The van der Waals surface area contributed by atoms with Crippen LogP contribution in [0, 0.1) is 0 Å². The van der Waals surface area contributed by atoms with Crippen molar-refractivity contribution in [3.8, 4) is 0 Å². The van der Waals surface area contributed by atoms with Crippen LogP contribution in [0.25, 0.3) is 21.5 Å². The third kappa shape index (κ3) is 3.62. The Hall–Kier alpha value is -2.68. The first-order valence-electron chi connectivity index (χ1n) is 8.52. The van der Waals surface area contributed by atoms with E-state index >= 15 is 0 Å². The second-order valence-corrected chi connectivity index (χ2v) is 5.98. The highest BCUT2D eigenvalue weighted by atomic mass is 16.2. The van der Waals surface area contributed by atoms with Gasteiger partial charge in [0.15, 0.2) is 0 Å². The van der Waals surface area contributed by atoms with Crippen LogP contribution in [0.15, 0.2) is 59.7 Å². The number of nitrogens with one attached hydrogen (secondary N) is 1. The molecule has 0 atom stereocenters. The number of unbranched alkanes of at least 4 members (excludes halogenated alkanes) is 2. The number of carbonyl (C=O) groups excluding carboxylic acids is 1. The van der Waals surface area contributed by atoms with Crippen LogP contribution in [0.1, 0.15) is 38.2 Å². The normalized spacial score (nSPS) is 11.4. The molecule has 0 fully saturated rings. The molecule has 1 amide bonds. The first-order valence-corrected chi connectivity index (χ1v) is 8.52. The van der Waals surface area contributed by atoms with Crippen LogP contribution in [-0.2, 0) is 4.79 Å². The van der Waals surface area contributed by atoms with Gasteiger partial charge in [0.2, 0.25) is 5.91 Å². The summed E-state index contributed by atoms with van der Waals surface area (Å²) in [4.78, 5) is 11.8. The number of rotatable bonds is 6. The van der Waals surface area contributed by atoms with Crippen molar-refractivity contribution in [2.45, 2.75) is 32.6 Å². The third-order valence-electron chi connectivity index (χ3n) is 4.20. The molecule has 0 unspecified atom stereocenters. The lowest BCUT2D eigenvalue weighted by atomic mass is 9.97. The summed E-state index contributed by atoms with van der Waals surface area (Å²) >= 11 is 0. The molecule has 3 aromatic carbocycles. The van der Waals surface area contributed by atoms with Gasteiger partial charge >= 0.3 is 0 Å². The molecule has 24 heavy (non-hydrogen) atoms. The van der Waals surface area contributed by atoms with Crippen molar-refractivity contribution >= 4 is 33.7 Å². The van der Waals surface area contributed by atoms with Crippen molar-refractivity contribution in [1.82, 2.24) is 5.43 Å². The fourth-order valence-corrected chi connectivity index (χ4v) is 2.95. The van der Waals surface area contributed by atoms with E-state index in [4.69, 9.17) is 0 Å². The van der Waals surface area contributed by atoms with Gasteiger partial charge in [-0.05, 0) is 34.0 Å². The smallest absolute Gasteiger partial charge is 0.240 e. The first kappa shape index (κ1) is 16.2. The highest BCUT2D eigenvalue weighted by molar-refractivity contribution is 6.13. The molecular formula is C21H22N2O. The Labute approximate surface area is 142 Å². The van der Waals surface area contributed by atoms with E-state index in [0.29, 0.717) is 6.42 Å². The van der Waals surface area contributed by atoms with E-state index in [0.717, 1.165) is 35.6 Å². The molecule has 0 bridgehead atoms. The molecule has 0 heterocycles. The minimum atomic E-state index is -0.0238. The van der Waals surface area contributed by atoms with Crippen molar-refractivity contribution in [2.75, 3.05) is 0 Å². The van der Waals surface area contributed by atoms with Crippen LogP contribution in [-0.4, -0.2) is 12.1 Å². The lowest BCUT2D eigenvalue weighted by molar-refractivity contribution is -0.121. The highest BCUT2D eigenvalue weighted by Gasteiger charge is 2.05. The molecule has 0 saturated heterocycles. The summed E-state index contributed by atoms with van der Waals surface area (Å²) in [5.74, 6) is -0.0238. The van der Waals surface area contributed by atoms with Crippen molar-refractivity contribution in [1.29, 1.82) is 0 Å². The van der Waals surface area contributed by atoms with Crippen molar-refractivity contribution in [3.63, 3.8) is 0 Å². The molecule has 0 aromatic heterocycles. The van der Waals surface area contributed by atoms with Gasteiger partial charge in [0, 0.05) is 12.0 Å². The topological polar surface area (TPSA) is 41.5 Å². The predicted octanol–water partition coefficient (Wildman–Crippen LogP) is 5.02. The molecule has 0 aliphatic rings. The number of hydrogen-bond donors (Lipinski definition) is 1. The van der Waals surface area contributed by atoms with Crippen molar-refractivity contribution in [3.05, 3.63) is 60.2 Å². The Bertz CT molecular complexity index is 829. The maximum atomic E-state index is 11.8. The fourth-order valence-electron chi connectivity index (χ4n) is 2.95.